The van der Waals surface area contributed by atoms with Crippen molar-refractivity contribution in [3.05, 3.63) is 58.4 Å². The van der Waals surface area contributed by atoms with Crippen LogP contribution >= 0.6 is 11.3 Å². The quantitative estimate of drug-likeness (QED) is 0.663. The first-order valence-corrected chi connectivity index (χ1v) is 10.8. The van der Waals surface area contributed by atoms with Crippen molar-refractivity contribution in [2.45, 2.75) is 25.6 Å². The van der Waals surface area contributed by atoms with E-state index in [9.17, 15) is 22.8 Å². The summed E-state index contributed by atoms with van der Waals surface area (Å²) in [6, 6.07) is 4.26. The number of hydrogen-bond donors (Lipinski definition) is 1. The molecule has 1 saturated heterocycles. The van der Waals surface area contributed by atoms with Gasteiger partial charge in [-0.25, -0.2) is 4.98 Å². The second-order valence-corrected chi connectivity index (χ2v) is 8.95. The van der Waals surface area contributed by atoms with Crippen LogP contribution in [0.25, 0.3) is 4.96 Å². The van der Waals surface area contributed by atoms with E-state index < -0.39 is 17.6 Å². The molecular weight excluding hydrogens is 429 g/mol. The van der Waals surface area contributed by atoms with Crippen LogP contribution in [0.5, 0.6) is 0 Å². The Balaban J connectivity index is 1.32. The Bertz CT molecular complexity index is 1180. The summed E-state index contributed by atoms with van der Waals surface area (Å²) in [5.41, 5.74) is 0.247. The molecule has 1 N–H and O–H groups in total. The monoisotopic (exact) mass is 448 g/mol. The van der Waals surface area contributed by atoms with Gasteiger partial charge in [-0.3, -0.25) is 14.0 Å². The zero-order chi connectivity index (χ0) is 21.9. The van der Waals surface area contributed by atoms with Crippen LogP contribution in [0.15, 0.2) is 35.8 Å². The summed E-state index contributed by atoms with van der Waals surface area (Å²) in [7, 11) is 0. The molecule has 0 unspecified atom stereocenters. The smallest absolute Gasteiger partial charge is 0.349 e. The maximum Gasteiger partial charge on any atom is 0.416 e. The number of rotatable bonds is 4. The molecule has 10 heteroatoms. The number of halogens is 3. The fourth-order valence-electron chi connectivity index (χ4n) is 4.51. The first kappa shape index (κ1) is 20.0. The average Bonchev–Trinajstić information content (AvgIpc) is 3.03. The molecule has 0 bridgehead atoms. The minimum absolute atomic E-state index is 0.0130. The van der Waals surface area contributed by atoms with Crippen LogP contribution in [-0.4, -0.2) is 45.2 Å². The van der Waals surface area contributed by atoms with E-state index in [4.69, 9.17) is 0 Å². The van der Waals surface area contributed by atoms with Crippen LogP contribution in [0, 0.1) is 18.8 Å². The summed E-state index contributed by atoms with van der Waals surface area (Å²) in [6.45, 7) is 2.52. The lowest BCUT2D eigenvalue weighted by Crippen LogP contribution is -2.45. The molecular formula is C21H19F3N4O2S. The standard InChI is InChI=1S/C21H19F3N4O2S/c1-11-17(27-5-6-31-20(27)26-11)18(29)25-9-16-15-8-13(15)10-28(16)19(30)12-3-2-4-14(7-12)21(22,23)24/h2-7,13,15-16H,8-10H2,1H3,(H,25,29)/t13-,15-,16-/m1/s1. The number of nitrogens with one attached hydrogen (secondary N) is 1. The first-order chi connectivity index (χ1) is 14.7. The first-order valence-electron chi connectivity index (χ1n) is 9.92. The molecule has 3 atom stereocenters. The van der Waals surface area contributed by atoms with Gasteiger partial charge in [-0.1, -0.05) is 6.07 Å². The molecule has 5 rings (SSSR count). The van der Waals surface area contributed by atoms with Crippen molar-refractivity contribution >= 4 is 28.1 Å². The van der Waals surface area contributed by atoms with E-state index in [1.165, 1.54) is 23.5 Å². The number of aryl methyl sites for hydroxylation is 1. The number of imidazole rings is 1. The molecule has 1 aliphatic heterocycles. The summed E-state index contributed by atoms with van der Waals surface area (Å²) in [5, 5.41) is 4.76. The lowest BCUT2D eigenvalue weighted by Gasteiger charge is -2.28. The van der Waals surface area contributed by atoms with Gasteiger partial charge < -0.3 is 10.2 Å². The second kappa shape index (κ2) is 7.08. The van der Waals surface area contributed by atoms with Crippen LogP contribution in [0.1, 0.15) is 38.5 Å². The van der Waals surface area contributed by atoms with Crippen LogP contribution < -0.4 is 5.32 Å². The highest BCUT2D eigenvalue weighted by atomic mass is 32.1. The Kier molecular flexibility index (Phi) is 4.58. The highest BCUT2D eigenvalue weighted by Crippen LogP contribution is 2.49. The van der Waals surface area contributed by atoms with Crippen LogP contribution in [0.3, 0.4) is 0 Å². The third-order valence-corrected chi connectivity index (χ3v) is 6.88. The van der Waals surface area contributed by atoms with E-state index in [-0.39, 0.29) is 30.0 Å². The highest BCUT2D eigenvalue weighted by molar-refractivity contribution is 7.15. The van der Waals surface area contributed by atoms with Crippen molar-refractivity contribution in [3.8, 4) is 0 Å². The van der Waals surface area contributed by atoms with Crippen molar-refractivity contribution in [2.24, 2.45) is 11.8 Å². The fraction of sp³-hybridized carbons (Fsp3) is 0.381. The van der Waals surface area contributed by atoms with E-state index in [1.807, 2.05) is 5.38 Å². The zero-order valence-electron chi connectivity index (χ0n) is 16.5. The molecule has 162 valence electrons. The van der Waals surface area contributed by atoms with E-state index in [0.717, 1.165) is 23.5 Å². The minimum Gasteiger partial charge on any atom is -0.349 e. The number of carbonyl (C=O) groups excluding carboxylic acids is 2. The van der Waals surface area contributed by atoms with Gasteiger partial charge in [-0.2, -0.15) is 13.2 Å². The normalized spacial score (nSPS) is 22.6. The molecule has 31 heavy (non-hydrogen) atoms. The molecule has 2 amide bonds. The van der Waals surface area contributed by atoms with Gasteiger partial charge in [0.15, 0.2) is 4.96 Å². The second-order valence-electron chi connectivity index (χ2n) is 8.07. The SMILES string of the molecule is Cc1nc2sccn2c1C(=O)NC[C@@H]1[C@@H]2C[C@@H]2CN1C(=O)c1cccc(C(F)(F)F)c1. The molecule has 3 heterocycles. The Labute approximate surface area is 179 Å². The number of carbonyl (C=O) groups is 2. The van der Waals surface area contributed by atoms with Gasteiger partial charge in [0.25, 0.3) is 11.8 Å². The molecule has 6 nitrogen and oxygen atoms in total. The molecule has 2 fully saturated rings. The lowest BCUT2D eigenvalue weighted by atomic mass is 10.1. The summed E-state index contributed by atoms with van der Waals surface area (Å²) in [4.78, 5) is 32.5. The average molecular weight is 448 g/mol. The molecule has 2 aliphatic rings. The zero-order valence-corrected chi connectivity index (χ0v) is 17.3. The summed E-state index contributed by atoms with van der Waals surface area (Å²) in [5.74, 6) is -0.100. The topological polar surface area (TPSA) is 66.7 Å². The summed E-state index contributed by atoms with van der Waals surface area (Å²) < 4.78 is 40.9. The number of amides is 2. The van der Waals surface area contributed by atoms with Crippen molar-refractivity contribution < 1.29 is 22.8 Å². The van der Waals surface area contributed by atoms with Gasteiger partial charge in [-0.15, -0.1) is 11.3 Å². The number of benzene rings is 1. The van der Waals surface area contributed by atoms with Gasteiger partial charge in [0.2, 0.25) is 0 Å². The number of thiazole rings is 1. The molecule has 1 aliphatic carbocycles. The fourth-order valence-corrected chi connectivity index (χ4v) is 5.27. The van der Waals surface area contributed by atoms with Crippen LogP contribution in [0.2, 0.25) is 0 Å². The van der Waals surface area contributed by atoms with Gasteiger partial charge in [0.05, 0.1) is 17.3 Å². The van der Waals surface area contributed by atoms with E-state index in [0.29, 0.717) is 23.9 Å². The largest absolute Gasteiger partial charge is 0.416 e. The van der Waals surface area contributed by atoms with Crippen LogP contribution in [0.4, 0.5) is 13.2 Å². The molecule has 3 aromatic rings. The number of hydrogen-bond acceptors (Lipinski definition) is 4. The predicted octanol–water partition coefficient (Wildman–Crippen LogP) is 3.61. The number of likely N-dealkylation sites (tertiary alicyclic amines) is 1. The number of piperidine rings is 1. The van der Waals surface area contributed by atoms with Crippen molar-refractivity contribution in [1.82, 2.24) is 19.6 Å². The number of alkyl halides is 3. The van der Waals surface area contributed by atoms with E-state index >= 15 is 0 Å². The summed E-state index contributed by atoms with van der Waals surface area (Å²) >= 11 is 1.43. The maximum atomic E-state index is 13.0. The predicted molar refractivity (Wildman–Crippen MR) is 108 cm³/mol. The van der Waals surface area contributed by atoms with Gasteiger partial charge in [0, 0.05) is 30.2 Å². The summed E-state index contributed by atoms with van der Waals surface area (Å²) in [6.07, 6.45) is -1.76. The van der Waals surface area contributed by atoms with Crippen molar-refractivity contribution in [3.63, 3.8) is 0 Å². The number of nitrogens with zero attached hydrogens (tertiary/aromatic N) is 3. The van der Waals surface area contributed by atoms with Gasteiger partial charge >= 0.3 is 6.18 Å². The van der Waals surface area contributed by atoms with Gasteiger partial charge in [0.1, 0.15) is 5.69 Å². The minimum atomic E-state index is -4.51. The third-order valence-electron chi connectivity index (χ3n) is 6.12. The van der Waals surface area contributed by atoms with E-state index in [2.05, 4.69) is 10.3 Å². The Morgan fingerprint density at radius 2 is 2.13 bits per heavy atom. The van der Waals surface area contributed by atoms with Crippen molar-refractivity contribution in [1.29, 1.82) is 0 Å². The molecule has 1 saturated carbocycles. The maximum absolute atomic E-state index is 13.0. The van der Waals surface area contributed by atoms with E-state index in [1.54, 1.807) is 22.4 Å². The van der Waals surface area contributed by atoms with Crippen molar-refractivity contribution in [2.75, 3.05) is 13.1 Å². The molecule has 2 aromatic heterocycles. The Morgan fingerprint density at radius 1 is 1.32 bits per heavy atom. The number of aromatic nitrogens is 2. The Morgan fingerprint density at radius 3 is 2.90 bits per heavy atom. The lowest BCUT2D eigenvalue weighted by molar-refractivity contribution is -0.137. The van der Waals surface area contributed by atoms with Crippen LogP contribution in [-0.2, 0) is 6.18 Å². The van der Waals surface area contributed by atoms with Gasteiger partial charge in [-0.05, 0) is 43.4 Å². The number of fused-ring (bicyclic) bond motifs is 2. The molecule has 1 aromatic carbocycles. The highest BCUT2D eigenvalue weighted by Gasteiger charge is 2.54. The molecule has 0 radical (unpaired) electrons. The third kappa shape index (κ3) is 3.48. The molecule has 0 spiro atoms. The Hall–Kier alpha value is -2.88.